The first kappa shape index (κ1) is 18.3. The fourth-order valence-corrected chi connectivity index (χ4v) is 3.53. The second kappa shape index (κ2) is 7.53. The van der Waals surface area contributed by atoms with E-state index in [0.29, 0.717) is 18.9 Å². The van der Waals surface area contributed by atoms with E-state index >= 15 is 0 Å². The molecule has 1 saturated heterocycles. The predicted molar refractivity (Wildman–Crippen MR) is 104 cm³/mol. The van der Waals surface area contributed by atoms with E-state index in [-0.39, 0.29) is 35.8 Å². The van der Waals surface area contributed by atoms with Crippen LogP contribution in [0.25, 0.3) is 0 Å². The molecule has 1 atom stereocenters. The first-order valence-corrected chi connectivity index (χ1v) is 9.56. The van der Waals surface area contributed by atoms with Gasteiger partial charge in [0.25, 0.3) is 11.5 Å². The number of aromatic amines is 1. The van der Waals surface area contributed by atoms with Crippen LogP contribution in [0.4, 0.5) is 5.69 Å². The molecule has 0 bridgehead atoms. The van der Waals surface area contributed by atoms with Crippen molar-refractivity contribution >= 4 is 11.6 Å². The van der Waals surface area contributed by atoms with Gasteiger partial charge in [0, 0.05) is 43.0 Å². The van der Waals surface area contributed by atoms with Crippen LogP contribution in [-0.4, -0.2) is 46.7 Å². The molecule has 0 spiro atoms. The molecule has 3 heterocycles. The predicted octanol–water partition coefficient (Wildman–Crippen LogP) is 2.34. The average Bonchev–Trinajstić information content (AvgIpc) is 3.15. The van der Waals surface area contributed by atoms with Crippen LogP contribution >= 0.6 is 0 Å². The molecule has 4 rings (SSSR count). The number of benzene rings is 1. The lowest BCUT2D eigenvalue weighted by Crippen LogP contribution is -2.46. The lowest BCUT2D eigenvalue weighted by atomic mass is 10.0. The third kappa shape index (κ3) is 3.67. The molecule has 2 aliphatic rings. The van der Waals surface area contributed by atoms with Gasteiger partial charge < -0.3 is 24.7 Å². The number of rotatable bonds is 4. The van der Waals surface area contributed by atoms with E-state index in [1.807, 2.05) is 32.0 Å². The van der Waals surface area contributed by atoms with Crippen molar-refractivity contribution in [3.63, 3.8) is 0 Å². The number of hydrogen-bond acceptors (Lipinski definition) is 6. The molecule has 28 heavy (non-hydrogen) atoms. The molecule has 2 N–H and O–H groups in total. The molecular weight excluding hydrogens is 360 g/mol. The summed E-state index contributed by atoms with van der Waals surface area (Å²) in [6, 6.07) is 5.81. The van der Waals surface area contributed by atoms with Crippen molar-refractivity contribution < 1.29 is 14.3 Å². The minimum absolute atomic E-state index is 0.0909. The minimum Gasteiger partial charge on any atom is -0.454 e. The van der Waals surface area contributed by atoms with Gasteiger partial charge in [0.1, 0.15) is 11.4 Å². The van der Waals surface area contributed by atoms with E-state index in [2.05, 4.69) is 15.3 Å². The molecule has 0 aliphatic carbocycles. The Morgan fingerprint density at radius 3 is 2.93 bits per heavy atom. The van der Waals surface area contributed by atoms with Crippen molar-refractivity contribution in [3.05, 3.63) is 46.1 Å². The number of anilines is 1. The maximum atomic E-state index is 12.9. The number of fused-ring (bicyclic) bond motifs is 1. The number of H-pyrrole nitrogens is 1. The summed E-state index contributed by atoms with van der Waals surface area (Å²) in [6.07, 6.45) is 3.20. The molecule has 1 fully saturated rings. The third-order valence-corrected chi connectivity index (χ3v) is 5.05. The zero-order chi connectivity index (χ0) is 19.7. The summed E-state index contributed by atoms with van der Waals surface area (Å²) in [4.78, 5) is 33.8. The Morgan fingerprint density at radius 1 is 1.32 bits per heavy atom. The van der Waals surface area contributed by atoms with Crippen LogP contribution in [0, 0.1) is 0 Å². The number of piperidine rings is 1. The molecule has 1 aromatic carbocycles. The number of nitrogens with zero attached hydrogens (tertiary/aromatic N) is 2. The van der Waals surface area contributed by atoms with Crippen LogP contribution < -0.4 is 20.3 Å². The average molecular weight is 384 g/mol. The summed E-state index contributed by atoms with van der Waals surface area (Å²) in [5, 5.41) is 3.45. The maximum absolute atomic E-state index is 12.9. The summed E-state index contributed by atoms with van der Waals surface area (Å²) in [7, 11) is 0. The Hall–Kier alpha value is -3.03. The maximum Gasteiger partial charge on any atom is 0.263 e. The van der Waals surface area contributed by atoms with Gasteiger partial charge in [-0.05, 0) is 25.0 Å². The van der Waals surface area contributed by atoms with Crippen molar-refractivity contribution in [3.8, 4) is 11.5 Å². The largest absolute Gasteiger partial charge is 0.454 e. The summed E-state index contributed by atoms with van der Waals surface area (Å²) in [5.74, 6) is 1.87. The van der Waals surface area contributed by atoms with Crippen molar-refractivity contribution in [2.24, 2.45) is 0 Å². The first-order chi connectivity index (χ1) is 13.5. The van der Waals surface area contributed by atoms with Crippen molar-refractivity contribution in [1.82, 2.24) is 14.9 Å². The van der Waals surface area contributed by atoms with Crippen LogP contribution in [0.5, 0.6) is 11.5 Å². The van der Waals surface area contributed by atoms with Gasteiger partial charge in [-0.15, -0.1) is 0 Å². The first-order valence-electron chi connectivity index (χ1n) is 9.56. The number of aromatic nitrogens is 2. The monoisotopic (exact) mass is 384 g/mol. The zero-order valence-corrected chi connectivity index (χ0v) is 16.0. The van der Waals surface area contributed by atoms with Crippen LogP contribution in [0.3, 0.4) is 0 Å². The van der Waals surface area contributed by atoms with Gasteiger partial charge in [-0.2, -0.15) is 0 Å². The smallest absolute Gasteiger partial charge is 0.263 e. The molecule has 148 valence electrons. The highest BCUT2D eigenvalue weighted by Gasteiger charge is 2.27. The highest BCUT2D eigenvalue weighted by Crippen LogP contribution is 2.34. The van der Waals surface area contributed by atoms with Gasteiger partial charge in [-0.1, -0.05) is 13.8 Å². The van der Waals surface area contributed by atoms with E-state index in [1.165, 1.54) is 6.20 Å². The lowest BCUT2D eigenvalue weighted by Gasteiger charge is -2.33. The van der Waals surface area contributed by atoms with E-state index in [4.69, 9.17) is 9.47 Å². The summed E-state index contributed by atoms with van der Waals surface area (Å²) < 4.78 is 10.7. The number of hydrogen-bond donors (Lipinski definition) is 2. The molecule has 0 unspecified atom stereocenters. The molecular formula is C20H24N4O4. The number of ether oxygens (including phenoxy) is 2. The Labute approximate surface area is 162 Å². The SMILES string of the molecule is CC(C)c1ncc(C(=O)N2CCC[C@H](Nc3ccc4c(c3)OCO4)C2)c(=O)[nH]1. The highest BCUT2D eigenvalue weighted by atomic mass is 16.7. The minimum atomic E-state index is -0.380. The molecule has 8 nitrogen and oxygen atoms in total. The van der Waals surface area contributed by atoms with Crippen molar-refractivity contribution in [2.75, 3.05) is 25.2 Å². The lowest BCUT2D eigenvalue weighted by molar-refractivity contribution is 0.0712. The van der Waals surface area contributed by atoms with E-state index in [0.717, 1.165) is 30.0 Å². The van der Waals surface area contributed by atoms with Crippen LogP contribution in [0.1, 0.15) is 48.8 Å². The topological polar surface area (TPSA) is 96.6 Å². The molecule has 1 aromatic heterocycles. The van der Waals surface area contributed by atoms with Crippen molar-refractivity contribution in [1.29, 1.82) is 0 Å². The normalized spacial score (nSPS) is 18.4. The van der Waals surface area contributed by atoms with E-state index in [1.54, 1.807) is 4.90 Å². The van der Waals surface area contributed by atoms with E-state index < -0.39 is 0 Å². The molecule has 0 radical (unpaired) electrons. The summed E-state index contributed by atoms with van der Waals surface area (Å²) in [5.41, 5.74) is 0.632. The van der Waals surface area contributed by atoms with Gasteiger partial charge >= 0.3 is 0 Å². The van der Waals surface area contributed by atoms with Crippen LogP contribution in [0.2, 0.25) is 0 Å². The Balaban J connectivity index is 1.45. The number of nitrogens with one attached hydrogen (secondary N) is 2. The van der Waals surface area contributed by atoms with Gasteiger partial charge in [-0.25, -0.2) is 4.98 Å². The fourth-order valence-electron chi connectivity index (χ4n) is 3.53. The molecule has 8 heteroatoms. The fraction of sp³-hybridized carbons (Fsp3) is 0.450. The van der Waals surface area contributed by atoms with Crippen LogP contribution in [0.15, 0.2) is 29.2 Å². The van der Waals surface area contributed by atoms with Crippen LogP contribution in [-0.2, 0) is 0 Å². The summed E-state index contributed by atoms with van der Waals surface area (Å²) >= 11 is 0. The van der Waals surface area contributed by atoms with Crippen molar-refractivity contribution in [2.45, 2.75) is 38.6 Å². The Bertz CT molecular complexity index is 940. The summed E-state index contributed by atoms with van der Waals surface area (Å²) in [6.45, 7) is 5.28. The molecule has 2 aliphatic heterocycles. The number of amides is 1. The highest BCUT2D eigenvalue weighted by molar-refractivity contribution is 5.93. The molecule has 1 amide bonds. The second-order valence-electron chi connectivity index (χ2n) is 7.47. The third-order valence-electron chi connectivity index (χ3n) is 5.05. The second-order valence-corrected chi connectivity index (χ2v) is 7.47. The van der Waals surface area contributed by atoms with E-state index in [9.17, 15) is 9.59 Å². The quantitative estimate of drug-likeness (QED) is 0.840. The van der Waals surface area contributed by atoms with Gasteiger partial charge in [0.2, 0.25) is 6.79 Å². The van der Waals surface area contributed by atoms with Gasteiger partial charge in [0.15, 0.2) is 11.5 Å². The number of carbonyl (C=O) groups is 1. The number of likely N-dealkylation sites (tertiary alicyclic amines) is 1. The number of carbonyl (C=O) groups excluding carboxylic acids is 1. The van der Waals surface area contributed by atoms with Gasteiger partial charge in [0.05, 0.1) is 0 Å². The Kier molecular flexibility index (Phi) is 4.93. The van der Waals surface area contributed by atoms with Gasteiger partial charge in [-0.3, -0.25) is 9.59 Å². The molecule has 0 saturated carbocycles. The Morgan fingerprint density at radius 2 is 2.14 bits per heavy atom. The zero-order valence-electron chi connectivity index (χ0n) is 16.0. The molecule has 2 aromatic rings. The standard InChI is InChI=1S/C20H24N4O4/c1-12(2)18-21-9-15(19(25)23-18)20(26)24-7-3-4-14(10-24)22-13-5-6-16-17(8-13)28-11-27-16/h5-6,8-9,12,14,22H,3-4,7,10-11H2,1-2H3,(H,21,23,25)/t14-/m0/s1.